The molecule has 0 aliphatic rings. The Balaban J connectivity index is 1.65. The first-order valence-corrected chi connectivity index (χ1v) is 11.0. The molecule has 0 bridgehead atoms. The fraction of sp³-hybridized carbons (Fsp3) is 0.148. The smallest absolute Gasteiger partial charge is 0.119 e. The first kappa shape index (κ1) is 21.0. The van der Waals surface area contributed by atoms with Gasteiger partial charge < -0.3 is 9.30 Å². The molecule has 1 heterocycles. The zero-order chi connectivity index (χ0) is 21.3. The van der Waals surface area contributed by atoms with Crippen LogP contribution in [0.5, 0.6) is 5.75 Å². The van der Waals surface area contributed by atoms with Gasteiger partial charge in [0.05, 0.1) is 12.9 Å². The average Bonchev–Trinajstić information content (AvgIpc) is 3.35. The van der Waals surface area contributed by atoms with E-state index in [1.165, 1.54) is 22.3 Å². The quantitative estimate of drug-likeness (QED) is 0.223. The van der Waals surface area contributed by atoms with E-state index in [1.807, 2.05) is 35.0 Å². The van der Waals surface area contributed by atoms with Crippen LogP contribution in [-0.2, 0) is 6.54 Å². The van der Waals surface area contributed by atoms with E-state index in [0.717, 1.165) is 24.3 Å². The van der Waals surface area contributed by atoms with Crippen LogP contribution in [0.1, 0.15) is 23.1 Å². The molecule has 0 radical (unpaired) electrons. The highest BCUT2D eigenvalue weighted by Crippen LogP contribution is 2.35. The molecule has 0 unspecified atom stereocenters. The van der Waals surface area contributed by atoms with Crippen molar-refractivity contribution in [2.45, 2.75) is 13.0 Å². The van der Waals surface area contributed by atoms with Crippen LogP contribution in [0.15, 0.2) is 104 Å². The van der Waals surface area contributed by atoms with Crippen molar-refractivity contribution < 1.29 is 4.74 Å². The van der Waals surface area contributed by atoms with E-state index >= 15 is 0 Å². The van der Waals surface area contributed by atoms with Gasteiger partial charge in [0, 0.05) is 18.3 Å². The maximum absolute atomic E-state index is 6.23. The Morgan fingerprint density at radius 2 is 1.45 bits per heavy atom. The highest BCUT2D eigenvalue weighted by Gasteiger charge is 2.14. The largest absolute Gasteiger partial charge is 0.492 e. The molecule has 156 valence electrons. The third-order valence-corrected chi connectivity index (χ3v) is 5.34. The fourth-order valence-electron chi connectivity index (χ4n) is 3.67. The minimum absolute atomic E-state index is 0.565. The Hall–Kier alpha value is -3.30. The standard InChI is InChI=1S/C27H25ClN2O/c28-16-15-26(22-7-3-1-4-8-22)27(23-9-5-2-6-10-23)24-11-13-25(14-12-24)31-20-19-30-18-17-29-21-30/h1-14,17-18,21H,15-16,19-20H2/b27-26-. The first-order chi connectivity index (χ1) is 15.3. The van der Waals surface area contributed by atoms with Gasteiger partial charge in [0.1, 0.15) is 12.4 Å². The SMILES string of the molecule is ClCC/C(=C(\c1ccccc1)c1ccc(OCCn2ccnc2)cc1)c1ccccc1. The summed E-state index contributed by atoms with van der Waals surface area (Å²) in [5.74, 6) is 1.42. The van der Waals surface area contributed by atoms with Crippen molar-refractivity contribution in [1.29, 1.82) is 0 Å². The van der Waals surface area contributed by atoms with Gasteiger partial charge in [-0.2, -0.15) is 0 Å². The van der Waals surface area contributed by atoms with E-state index in [2.05, 4.69) is 65.6 Å². The third kappa shape index (κ3) is 5.44. The molecule has 1 aromatic heterocycles. The molecular formula is C27H25ClN2O. The van der Waals surface area contributed by atoms with Crippen LogP contribution in [0.4, 0.5) is 0 Å². The zero-order valence-corrected chi connectivity index (χ0v) is 18.1. The predicted octanol–water partition coefficient (Wildman–Crippen LogP) is 6.55. The van der Waals surface area contributed by atoms with E-state index in [1.54, 1.807) is 12.5 Å². The van der Waals surface area contributed by atoms with Crippen LogP contribution in [0.25, 0.3) is 11.1 Å². The Bertz CT molecular complexity index is 1090. The lowest BCUT2D eigenvalue weighted by Gasteiger charge is -2.17. The van der Waals surface area contributed by atoms with Crippen LogP contribution in [-0.4, -0.2) is 22.0 Å². The first-order valence-electron chi connectivity index (χ1n) is 10.4. The number of hydrogen-bond acceptors (Lipinski definition) is 2. The van der Waals surface area contributed by atoms with Crippen LogP contribution < -0.4 is 4.74 Å². The highest BCUT2D eigenvalue weighted by molar-refractivity contribution is 6.18. The van der Waals surface area contributed by atoms with Gasteiger partial charge in [0.2, 0.25) is 0 Å². The predicted molar refractivity (Wildman–Crippen MR) is 128 cm³/mol. The third-order valence-electron chi connectivity index (χ3n) is 5.15. The van der Waals surface area contributed by atoms with E-state index in [4.69, 9.17) is 16.3 Å². The summed E-state index contributed by atoms with van der Waals surface area (Å²) in [5.41, 5.74) is 5.98. The van der Waals surface area contributed by atoms with Gasteiger partial charge in [-0.15, -0.1) is 11.6 Å². The van der Waals surface area contributed by atoms with Gasteiger partial charge in [-0.05, 0) is 46.4 Å². The van der Waals surface area contributed by atoms with Crippen LogP contribution in [0.3, 0.4) is 0 Å². The molecule has 3 aromatic carbocycles. The molecule has 0 atom stereocenters. The maximum Gasteiger partial charge on any atom is 0.119 e. The van der Waals surface area contributed by atoms with Crippen molar-refractivity contribution in [2.75, 3.05) is 12.5 Å². The number of alkyl halides is 1. The second kappa shape index (κ2) is 10.6. The van der Waals surface area contributed by atoms with E-state index in [0.29, 0.717) is 12.5 Å². The molecule has 0 fully saturated rings. The summed E-state index contributed by atoms with van der Waals surface area (Å²) < 4.78 is 7.93. The maximum atomic E-state index is 6.23. The van der Waals surface area contributed by atoms with Gasteiger partial charge >= 0.3 is 0 Å². The van der Waals surface area contributed by atoms with E-state index in [-0.39, 0.29) is 0 Å². The van der Waals surface area contributed by atoms with Crippen molar-refractivity contribution in [2.24, 2.45) is 0 Å². The topological polar surface area (TPSA) is 27.1 Å². The number of halogens is 1. The van der Waals surface area contributed by atoms with Crippen molar-refractivity contribution in [1.82, 2.24) is 9.55 Å². The molecule has 3 nitrogen and oxygen atoms in total. The highest BCUT2D eigenvalue weighted by atomic mass is 35.5. The minimum Gasteiger partial charge on any atom is -0.492 e. The van der Waals surface area contributed by atoms with E-state index < -0.39 is 0 Å². The monoisotopic (exact) mass is 428 g/mol. The average molecular weight is 429 g/mol. The Morgan fingerprint density at radius 1 is 0.806 bits per heavy atom. The molecule has 4 heteroatoms. The van der Waals surface area contributed by atoms with Gasteiger partial charge in [-0.1, -0.05) is 72.8 Å². The molecule has 4 rings (SSSR count). The number of rotatable bonds is 9. The Kier molecular flexibility index (Phi) is 7.20. The number of allylic oxidation sites excluding steroid dienone is 1. The summed E-state index contributed by atoms with van der Waals surface area (Å²) in [6.45, 7) is 1.36. The van der Waals surface area contributed by atoms with Crippen molar-refractivity contribution in [3.63, 3.8) is 0 Å². The summed E-state index contributed by atoms with van der Waals surface area (Å²) >= 11 is 6.23. The lowest BCUT2D eigenvalue weighted by Crippen LogP contribution is -2.06. The van der Waals surface area contributed by atoms with Crippen LogP contribution in [0, 0.1) is 0 Å². The minimum atomic E-state index is 0.565. The second-order valence-electron chi connectivity index (χ2n) is 7.20. The number of ether oxygens (including phenoxy) is 1. The molecular weight excluding hydrogens is 404 g/mol. The number of imidazole rings is 1. The molecule has 0 saturated heterocycles. The lowest BCUT2D eigenvalue weighted by molar-refractivity contribution is 0.298. The lowest BCUT2D eigenvalue weighted by atomic mass is 9.88. The molecule has 4 aromatic rings. The van der Waals surface area contributed by atoms with Gasteiger partial charge in [0.25, 0.3) is 0 Å². The molecule has 0 aliphatic carbocycles. The summed E-state index contributed by atoms with van der Waals surface area (Å²) in [5, 5.41) is 0. The second-order valence-corrected chi connectivity index (χ2v) is 7.58. The Labute approximate surface area is 188 Å². The van der Waals surface area contributed by atoms with Gasteiger partial charge in [0.15, 0.2) is 0 Å². The van der Waals surface area contributed by atoms with Crippen LogP contribution in [0.2, 0.25) is 0 Å². The normalized spacial score (nSPS) is 11.8. The van der Waals surface area contributed by atoms with Crippen molar-refractivity contribution in [3.8, 4) is 5.75 Å². The zero-order valence-electron chi connectivity index (χ0n) is 17.3. The number of nitrogens with zero attached hydrogens (tertiary/aromatic N) is 2. The molecule has 0 N–H and O–H groups in total. The van der Waals surface area contributed by atoms with E-state index in [9.17, 15) is 0 Å². The number of hydrogen-bond donors (Lipinski definition) is 0. The molecule has 0 spiro atoms. The number of benzene rings is 3. The number of aromatic nitrogens is 2. The van der Waals surface area contributed by atoms with Crippen molar-refractivity contribution in [3.05, 3.63) is 120 Å². The summed E-state index contributed by atoms with van der Waals surface area (Å²) in [4.78, 5) is 4.06. The molecule has 31 heavy (non-hydrogen) atoms. The van der Waals surface area contributed by atoms with Crippen molar-refractivity contribution >= 4 is 22.7 Å². The molecule has 0 amide bonds. The van der Waals surface area contributed by atoms with Gasteiger partial charge in [-0.3, -0.25) is 0 Å². The summed E-state index contributed by atoms with van der Waals surface area (Å²) in [7, 11) is 0. The Morgan fingerprint density at radius 3 is 2.06 bits per heavy atom. The van der Waals surface area contributed by atoms with Crippen LogP contribution >= 0.6 is 11.6 Å². The van der Waals surface area contributed by atoms with Gasteiger partial charge in [-0.25, -0.2) is 4.98 Å². The molecule has 0 saturated carbocycles. The molecule has 0 aliphatic heterocycles. The summed E-state index contributed by atoms with van der Waals surface area (Å²) in [6.07, 6.45) is 6.30. The fourth-order valence-corrected chi connectivity index (χ4v) is 3.86. The summed E-state index contributed by atoms with van der Waals surface area (Å²) in [6, 6.07) is 29.3.